The number of aromatic nitrogens is 2. The summed E-state index contributed by atoms with van der Waals surface area (Å²) >= 11 is 0. The Balaban J connectivity index is 1.75. The lowest BCUT2D eigenvalue weighted by molar-refractivity contribution is 0.0987. The van der Waals surface area contributed by atoms with Gasteiger partial charge < -0.3 is 10.2 Å². The molecule has 27 heavy (non-hydrogen) atoms. The van der Waals surface area contributed by atoms with E-state index in [4.69, 9.17) is 5.26 Å². The van der Waals surface area contributed by atoms with Gasteiger partial charge in [-0.1, -0.05) is 12.1 Å². The van der Waals surface area contributed by atoms with Gasteiger partial charge in [0, 0.05) is 30.3 Å². The summed E-state index contributed by atoms with van der Waals surface area (Å²) in [6.07, 6.45) is 3.03. The van der Waals surface area contributed by atoms with Crippen LogP contribution in [0.4, 0.5) is 17.3 Å². The van der Waals surface area contributed by atoms with Crippen molar-refractivity contribution in [3.63, 3.8) is 0 Å². The quantitative estimate of drug-likeness (QED) is 0.744. The SMILES string of the molecule is CCN(C(=O)c1cnc(Nc2ccc(C#N)cc2)nc1)c1cccc(C)c1. The second-order valence-electron chi connectivity index (χ2n) is 6.00. The number of carbonyl (C=O) groups is 1. The molecule has 0 atom stereocenters. The van der Waals surface area contributed by atoms with Crippen molar-refractivity contribution in [1.29, 1.82) is 5.26 Å². The van der Waals surface area contributed by atoms with Crippen molar-refractivity contribution in [1.82, 2.24) is 9.97 Å². The zero-order valence-corrected chi connectivity index (χ0v) is 15.2. The summed E-state index contributed by atoms with van der Waals surface area (Å²) in [7, 11) is 0. The number of nitriles is 1. The van der Waals surface area contributed by atoms with E-state index in [1.807, 2.05) is 38.1 Å². The minimum Gasteiger partial charge on any atom is -0.324 e. The number of aryl methyl sites for hydroxylation is 1. The summed E-state index contributed by atoms with van der Waals surface area (Å²) in [6.45, 7) is 4.48. The number of hydrogen-bond acceptors (Lipinski definition) is 5. The largest absolute Gasteiger partial charge is 0.324 e. The normalized spacial score (nSPS) is 10.1. The van der Waals surface area contributed by atoms with Crippen molar-refractivity contribution in [2.45, 2.75) is 13.8 Å². The maximum absolute atomic E-state index is 12.8. The van der Waals surface area contributed by atoms with Crippen LogP contribution in [0, 0.1) is 18.3 Å². The second-order valence-corrected chi connectivity index (χ2v) is 6.00. The minimum atomic E-state index is -0.145. The molecule has 0 aliphatic heterocycles. The highest BCUT2D eigenvalue weighted by molar-refractivity contribution is 6.05. The Morgan fingerprint density at radius 3 is 2.44 bits per heavy atom. The van der Waals surface area contributed by atoms with Crippen molar-refractivity contribution < 1.29 is 4.79 Å². The van der Waals surface area contributed by atoms with E-state index in [0.717, 1.165) is 16.9 Å². The Morgan fingerprint density at radius 1 is 1.15 bits per heavy atom. The molecular formula is C21H19N5O. The average molecular weight is 357 g/mol. The molecule has 6 heteroatoms. The zero-order valence-electron chi connectivity index (χ0n) is 15.2. The van der Waals surface area contributed by atoms with Crippen LogP contribution < -0.4 is 10.2 Å². The van der Waals surface area contributed by atoms with Crippen LogP contribution in [-0.2, 0) is 0 Å². The highest BCUT2D eigenvalue weighted by atomic mass is 16.2. The standard InChI is InChI=1S/C21H19N5O/c1-3-26(19-6-4-5-15(2)11-19)20(27)17-13-23-21(24-14-17)25-18-9-7-16(12-22)8-10-18/h4-11,13-14H,3H2,1-2H3,(H,23,24,25). The number of nitrogens with one attached hydrogen (secondary N) is 1. The molecule has 0 aliphatic carbocycles. The molecule has 1 amide bonds. The maximum atomic E-state index is 12.8. The summed E-state index contributed by atoms with van der Waals surface area (Å²) in [5.41, 5.74) is 3.71. The molecule has 1 aromatic heterocycles. The molecular weight excluding hydrogens is 338 g/mol. The number of amides is 1. The van der Waals surface area contributed by atoms with Gasteiger partial charge in [-0.3, -0.25) is 4.79 Å². The molecule has 0 bridgehead atoms. The first-order chi connectivity index (χ1) is 13.1. The topological polar surface area (TPSA) is 81.9 Å². The van der Waals surface area contributed by atoms with E-state index >= 15 is 0 Å². The molecule has 1 N–H and O–H groups in total. The lowest BCUT2D eigenvalue weighted by Crippen LogP contribution is -2.30. The van der Waals surface area contributed by atoms with Gasteiger partial charge in [0.15, 0.2) is 0 Å². The molecule has 0 radical (unpaired) electrons. The Labute approximate surface area is 158 Å². The first-order valence-electron chi connectivity index (χ1n) is 8.58. The van der Waals surface area contributed by atoms with Crippen molar-refractivity contribution in [3.05, 3.63) is 77.6 Å². The molecule has 0 aliphatic rings. The van der Waals surface area contributed by atoms with Crippen LogP contribution in [0.2, 0.25) is 0 Å². The van der Waals surface area contributed by atoms with Crippen LogP contribution in [0.25, 0.3) is 0 Å². The fourth-order valence-corrected chi connectivity index (χ4v) is 2.66. The van der Waals surface area contributed by atoms with Crippen molar-refractivity contribution in [2.75, 3.05) is 16.8 Å². The first-order valence-corrected chi connectivity index (χ1v) is 8.58. The van der Waals surface area contributed by atoms with Crippen molar-refractivity contribution >= 4 is 23.2 Å². The molecule has 2 aromatic carbocycles. The van der Waals surface area contributed by atoms with E-state index in [2.05, 4.69) is 21.4 Å². The maximum Gasteiger partial charge on any atom is 0.261 e. The minimum absolute atomic E-state index is 0.145. The highest BCUT2D eigenvalue weighted by Gasteiger charge is 2.17. The zero-order chi connectivity index (χ0) is 19.2. The monoisotopic (exact) mass is 357 g/mol. The van der Waals surface area contributed by atoms with Gasteiger partial charge in [0.1, 0.15) is 0 Å². The molecule has 134 valence electrons. The van der Waals surface area contributed by atoms with E-state index in [9.17, 15) is 4.79 Å². The third-order valence-corrected chi connectivity index (χ3v) is 4.04. The number of anilines is 3. The van der Waals surface area contributed by atoms with Crippen LogP contribution >= 0.6 is 0 Å². The molecule has 0 fully saturated rings. The van der Waals surface area contributed by atoms with Gasteiger partial charge >= 0.3 is 0 Å². The Bertz CT molecular complexity index is 975. The molecule has 0 unspecified atom stereocenters. The molecule has 3 aromatic rings. The van der Waals surface area contributed by atoms with Gasteiger partial charge in [0.2, 0.25) is 5.95 Å². The fourth-order valence-electron chi connectivity index (χ4n) is 2.66. The lowest BCUT2D eigenvalue weighted by atomic mass is 10.2. The summed E-state index contributed by atoms with van der Waals surface area (Å²) in [5.74, 6) is 0.239. The molecule has 1 heterocycles. The fraction of sp³-hybridized carbons (Fsp3) is 0.143. The van der Waals surface area contributed by atoms with E-state index in [0.29, 0.717) is 23.6 Å². The number of nitrogens with zero attached hydrogens (tertiary/aromatic N) is 4. The number of benzene rings is 2. The van der Waals surface area contributed by atoms with Crippen LogP contribution in [0.3, 0.4) is 0 Å². The molecule has 3 rings (SSSR count). The van der Waals surface area contributed by atoms with Crippen LogP contribution in [0.15, 0.2) is 60.9 Å². The predicted octanol–water partition coefficient (Wildman–Crippen LogP) is 4.07. The van der Waals surface area contributed by atoms with Gasteiger partial charge in [-0.15, -0.1) is 0 Å². The number of hydrogen-bond donors (Lipinski definition) is 1. The van der Waals surface area contributed by atoms with Crippen molar-refractivity contribution in [2.24, 2.45) is 0 Å². The van der Waals surface area contributed by atoms with Gasteiger partial charge in [-0.25, -0.2) is 9.97 Å². The number of rotatable bonds is 5. The highest BCUT2D eigenvalue weighted by Crippen LogP contribution is 2.19. The van der Waals surface area contributed by atoms with Gasteiger partial charge in [-0.05, 0) is 55.8 Å². The summed E-state index contributed by atoms with van der Waals surface area (Å²) in [5, 5.41) is 11.9. The summed E-state index contributed by atoms with van der Waals surface area (Å²) in [4.78, 5) is 23.0. The molecule has 0 saturated carbocycles. The molecule has 6 nitrogen and oxygen atoms in total. The third kappa shape index (κ3) is 4.28. The lowest BCUT2D eigenvalue weighted by Gasteiger charge is -2.21. The van der Waals surface area contributed by atoms with Gasteiger partial charge in [0.05, 0.1) is 17.2 Å². The molecule has 0 saturated heterocycles. The van der Waals surface area contributed by atoms with Crippen LogP contribution in [-0.4, -0.2) is 22.4 Å². The smallest absolute Gasteiger partial charge is 0.261 e. The van der Waals surface area contributed by atoms with Crippen molar-refractivity contribution in [3.8, 4) is 6.07 Å². The Morgan fingerprint density at radius 2 is 1.85 bits per heavy atom. The van der Waals surface area contributed by atoms with E-state index in [1.165, 1.54) is 12.4 Å². The summed E-state index contributed by atoms with van der Waals surface area (Å²) in [6, 6.07) is 16.9. The van der Waals surface area contributed by atoms with E-state index in [-0.39, 0.29) is 5.91 Å². The average Bonchev–Trinajstić information content (AvgIpc) is 2.70. The Kier molecular flexibility index (Phi) is 5.43. The molecule has 0 spiro atoms. The van der Waals surface area contributed by atoms with Gasteiger partial charge in [0.25, 0.3) is 5.91 Å². The first kappa shape index (κ1) is 18.1. The predicted molar refractivity (Wildman–Crippen MR) is 105 cm³/mol. The van der Waals surface area contributed by atoms with Crippen LogP contribution in [0.5, 0.6) is 0 Å². The number of carbonyl (C=O) groups excluding carboxylic acids is 1. The second kappa shape index (κ2) is 8.11. The third-order valence-electron chi connectivity index (χ3n) is 4.04. The van der Waals surface area contributed by atoms with E-state index < -0.39 is 0 Å². The van der Waals surface area contributed by atoms with E-state index in [1.54, 1.807) is 29.2 Å². The van der Waals surface area contributed by atoms with Crippen LogP contribution in [0.1, 0.15) is 28.4 Å². The van der Waals surface area contributed by atoms with Gasteiger partial charge in [-0.2, -0.15) is 5.26 Å². The Hall–Kier alpha value is -3.72. The summed E-state index contributed by atoms with van der Waals surface area (Å²) < 4.78 is 0.